The first kappa shape index (κ1) is 16.8. The Balaban J connectivity index is 1.43. The van der Waals surface area contributed by atoms with Crippen LogP contribution in [-0.4, -0.2) is 37.4 Å². The monoisotopic (exact) mass is 341 g/mol. The normalized spacial score (nSPS) is 16.7. The summed E-state index contributed by atoms with van der Waals surface area (Å²) >= 11 is 0. The number of rotatable bonds is 6. The van der Waals surface area contributed by atoms with Crippen LogP contribution in [0.5, 0.6) is 0 Å². The molecular formula is C18H19N3O4. The molecule has 0 radical (unpaired) electrons. The zero-order chi connectivity index (χ0) is 17.6. The Morgan fingerprint density at radius 1 is 1.12 bits per heavy atom. The molecule has 3 amide bonds. The summed E-state index contributed by atoms with van der Waals surface area (Å²) in [6, 6.07) is 10.9. The van der Waals surface area contributed by atoms with E-state index in [-0.39, 0.29) is 30.1 Å². The third-order valence-electron chi connectivity index (χ3n) is 4.06. The van der Waals surface area contributed by atoms with E-state index in [4.69, 9.17) is 4.42 Å². The van der Waals surface area contributed by atoms with Gasteiger partial charge in [0.25, 0.3) is 5.91 Å². The highest BCUT2D eigenvalue weighted by molar-refractivity contribution is 6.00. The highest BCUT2D eigenvalue weighted by Crippen LogP contribution is 2.24. The first-order valence-corrected chi connectivity index (χ1v) is 8.08. The maximum atomic E-state index is 12.2. The number of benzene rings is 1. The van der Waals surface area contributed by atoms with Gasteiger partial charge in [-0.1, -0.05) is 18.2 Å². The van der Waals surface area contributed by atoms with E-state index in [1.807, 2.05) is 30.3 Å². The van der Waals surface area contributed by atoms with Crippen LogP contribution in [0.25, 0.3) is 0 Å². The number of hydrogen-bond acceptors (Lipinski definition) is 4. The number of hydrogen-bond donors (Lipinski definition) is 2. The second kappa shape index (κ2) is 7.65. The van der Waals surface area contributed by atoms with Crippen molar-refractivity contribution < 1.29 is 18.8 Å². The molecule has 1 aromatic heterocycles. The van der Waals surface area contributed by atoms with Gasteiger partial charge >= 0.3 is 0 Å². The summed E-state index contributed by atoms with van der Waals surface area (Å²) in [7, 11) is 0. The molecule has 1 saturated heterocycles. The lowest BCUT2D eigenvalue weighted by Crippen LogP contribution is -2.38. The lowest BCUT2D eigenvalue weighted by Gasteiger charge is -2.16. The predicted molar refractivity (Wildman–Crippen MR) is 91.0 cm³/mol. The molecule has 130 valence electrons. The van der Waals surface area contributed by atoms with E-state index in [1.165, 1.54) is 12.5 Å². The van der Waals surface area contributed by atoms with Crippen molar-refractivity contribution in [2.75, 3.05) is 24.5 Å². The maximum Gasteiger partial charge on any atom is 0.254 e. The molecule has 3 rings (SSSR count). The molecular weight excluding hydrogens is 322 g/mol. The number of anilines is 1. The van der Waals surface area contributed by atoms with Crippen molar-refractivity contribution in [1.29, 1.82) is 0 Å². The van der Waals surface area contributed by atoms with Crippen LogP contribution in [-0.2, 0) is 9.59 Å². The van der Waals surface area contributed by atoms with E-state index in [0.29, 0.717) is 25.2 Å². The standard InChI is InChI=1S/C18H19N3O4/c22-16-10-14(11-21(16)15-4-2-1-3-5-15)18(24)20-8-7-19-17(23)13-6-9-25-12-13/h1-6,9,12,14H,7-8,10-11H2,(H,19,23)(H,20,24)/t14-/m1/s1. The Labute approximate surface area is 145 Å². The van der Waals surface area contributed by atoms with Crippen LogP contribution in [0, 0.1) is 5.92 Å². The topological polar surface area (TPSA) is 91.7 Å². The van der Waals surface area contributed by atoms with Crippen molar-refractivity contribution in [1.82, 2.24) is 10.6 Å². The Morgan fingerprint density at radius 3 is 2.60 bits per heavy atom. The summed E-state index contributed by atoms with van der Waals surface area (Å²) in [6.07, 6.45) is 2.98. The fourth-order valence-electron chi connectivity index (χ4n) is 2.74. The third kappa shape index (κ3) is 4.06. The first-order valence-electron chi connectivity index (χ1n) is 8.08. The van der Waals surface area contributed by atoms with Crippen LogP contribution in [0.4, 0.5) is 5.69 Å². The summed E-state index contributed by atoms with van der Waals surface area (Å²) in [6.45, 7) is 0.979. The largest absolute Gasteiger partial charge is 0.472 e. The average molecular weight is 341 g/mol. The van der Waals surface area contributed by atoms with Crippen molar-refractivity contribution in [3.05, 3.63) is 54.5 Å². The number of para-hydroxylation sites is 1. The van der Waals surface area contributed by atoms with E-state index in [1.54, 1.807) is 11.0 Å². The average Bonchev–Trinajstić information content (AvgIpc) is 3.29. The molecule has 2 aromatic rings. The van der Waals surface area contributed by atoms with Crippen molar-refractivity contribution in [3.8, 4) is 0 Å². The van der Waals surface area contributed by atoms with E-state index < -0.39 is 0 Å². The van der Waals surface area contributed by atoms with Crippen LogP contribution in [0.3, 0.4) is 0 Å². The zero-order valence-electron chi connectivity index (χ0n) is 13.6. The van der Waals surface area contributed by atoms with Gasteiger partial charge in [0.05, 0.1) is 17.7 Å². The number of nitrogens with one attached hydrogen (secondary N) is 2. The van der Waals surface area contributed by atoms with Crippen molar-refractivity contribution in [2.24, 2.45) is 5.92 Å². The highest BCUT2D eigenvalue weighted by Gasteiger charge is 2.34. The molecule has 1 aliphatic heterocycles. The molecule has 0 bridgehead atoms. The molecule has 2 N–H and O–H groups in total. The number of amides is 3. The number of furan rings is 1. The quantitative estimate of drug-likeness (QED) is 0.772. The van der Waals surface area contributed by atoms with Gasteiger partial charge in [0, 0.05) is 31.7 Å². The second-order valence-electron chi connectivity index (χ2n) is 5.80. The van der Waals surface area contributed by atoms with Crippen molar-refractivity contribution >= 4 is 23.4 Å². The molecule has 7 nitrogen and oxygen atoms in total. The molecule has 0 saturated carbocycles. The van der Waals surface area contributed by atoms with E-state index >= 15 is 0 Å². The molecule has 1 fully saturated rings. The number of carbonyl (C=O) groups excluding carboxylic acids is 3. The molecule has 1 atom stereocenters. The van der Waals surface area contributed by atoms with Crippen LogP contribution in [0.2, 0.25) is 0 Å². The lowest BCUT2D eigenvalue weighted by atomic mass is 10.1. The molecule has 25 heavy (non-hydrogen) atoms. The Hall–Kier alpha value is -3.09. The maximum absolute atomic E-state index is 12.2. The Bertz CT molecular complexity index is 743. The van der Waals surface area contributed by atoms with Crippen LogP contribution >= 0.6 is 0 Å². The van der Waals surface area contributed by atoms with Crippen molar-refractivity contribution in [3.63, 3.8) is 0 Å². The molecule has 0 aliphatic carbocycles. The van der Waals surface area contributed by atoms with Gasteiger partial charge in [-0.3, -0.25) is 14.4 Å². The Kier molecular flexibility index (Phi) is 5.13. The van der Waals surface area contributed by atoms with Crippen LogP contribution in [0.15, 0.2) is 53.3 Å². The predicted octanol–water partition coefficient (Wildman–Crippen LogP) is 1.18. The van der Waals surface area contributed by atoms with Gasteiger partial charge in [0.1, 0.15) is 6.26 Å². The minimum absolute atomic E-state index is 0.0559. The molecule has 1 aromatic carbocycles. The van der Waals surface area contributed by atoms with Crippen LogP contribution in [0.1, 0.15) is 16.8 Å². The molecule has 2 heterocycles. The van der Waals surface area contributed by atoms with Crippen molar-refractivity contribution in [2.45, 2.75) is 6.42 Å². The molecule has 0 unspecified atom stereocenters. The lowest BCUT2D eigenvalue weighted by molar-refractivity contribution is -0.126. The van der Waals surface area contributed by atoms with E-state index in [2.05, 4.69) is 10.6 Å². The second-order valence-corrected chi connectivity index (χ2v) is 5.80. The van der Waals surface area contributed by atoms with Gasteiger partial charge in [0.2, 0.25) is 11.8 Å². The first-order chi connectivity index (χ1) is 12.1. The summed E-state index contributed by atoms with van der Waals surface area (Å²) in [5.41, 5.74) is 1.24. The fraction of sp³-hybridized carbons (Fsp3) is 0.278. The minimum atomic E-state index is -0.378. The third-order valence-corrected chi connectivity index (χ3v) is 4.06. The number of nitrogens with zero attached hydrogens (tertiary/aromatic N) is 1. The van der Waals surface area contributed by atoms with Crippen LogP contribution < -0.4 is 15.5 Å². The van der Waals surface area contributed by atoms with Gasteiger partial charge in [-0.15, -0.1) is 0 Å². The minimum Gasteiger partial charge on any atom is -0.472 e. The summed E-state index contributed by atoms with van der Waals surface area (Å²) < 4.78 is 4.84. The Morgan fingerprint density at radius 2 is 1.88 bits per heavy atom. The summed E-state index contributed by atoms with van der Waals surface area (Å²) in [4.78, 5) is 37.7. The fourth-order valence-corrected chi connectivity index (χ4v) is 2.74. The van der Waals surface area contributed by atoms with Gasteiger partial charge in [0.15, 0.2) is 0 Å². The molecule has 1 aliphatic rings. The van der Waals surface area contributed by atoms with Gasteiger partial charge < -0.3 is 20.0 Å². The SMILES string of the molecule is O=C(NCCNC(=O)[C@@H]1CC(=O)N(c2ccccc2)C1)c1ccoc1. The number of carbonyl (C=O) groups is 3. The summed E-state index contributed by atoms with van der Waals surface area (Å²) in [5, 5.41) is 5.45. The summed E-state index contributed by atoms with van der Waals surface area (Å²) in [5.74, 6) is -0.865. The highest BCUT2D eigenvalue weighted by atomic mass is 16.3. The van der Waals surface area contributed by atoms with Gasteiger partial charge in [-0.25, -0.2) is 0 Å². The van der Waals surface area contributed by atoms with E-state index in [0.717, 1.165) is 5.69 Å². The molecule has 7 heteroatoms. The van der Waals surface area contributed by atoms with Gasteiger partial charge in [-0.2, -0.15) is 0 Å². The van der Waals surface area contributed by atoms with Gasteiger partial charge in [-0.05, 0) is 18.2 Å². The smallest absolute Gasteiger partial charge is 0.254 e. The zero-order valence-corrected chi connectivity index (χ0v) is 13.6. The van der Waals surface area contributed by atoms with E-state index in [9.17, 15) is 14.4 Å². The molecule has 0 spiro atoms.